The Morgan fingerprint density at radius 3 is 2.68 bits per heavy atom. The normalized spacial score (nSPS) is 11.8. The maximum Gasteiger partial charge on any atom is 0.263 e. The van der Waals surface area contributed by atoms with Crippen LogP contribution < -0.4 is 11.1 Å². The molecule has 5 heteroatoms. The van der Waals surface area contributed by atoms with E-state index in [-0.39, 0.29) is 11.3 Å². The first-order valence-electron chi connectivity index (χ1n) is 6.04. The summed E-state index contributed by atoms with van der Waals surface area (Å²) >= 11 is 4.91. The van der Waals surface area contributed by atoms with Crippen molar-refractivity contribution in [2.45, 2.75) is 20.8 Å². The van der Waals surface area contributed by atoms with Crippen LogP contribution in [0.4, 0.5) is 5.69 Å². The number of amides is 1. The van der Waals surface area contributed by atoms with E-state index >= 15 is 0 Å². The van der Waals surface area contributed by atoms with Crippen LogP contribution in [0.2, 0.25) is 0 Å². The number of hydrogen-bond donors (Lipinski definition) is 2. The summed E-state index contributed by atoms with van der Waals surface area (Å²) in [6, 6.07) is 5.85. The van der Waals surface area contributed by atoms with Gasteiger partial charge in [0, 0.05) is 21.1 Å². The van der Waals surface area contributed by atoms with Crippen LogP contribution in [0.15, 0.2) is 22.7 Å². The lowest BCUT2D eigenvalue weighted by Crippen LogP contribution is -2.32. The van der Waals surface area contributed by atoms with Gasteiger partial charge in [-0.25, -0.2) is 0 Å². The number of carbonyl (C=O) groups excluding carboxylic acids is 1. The summed E-state index contributed by atoms with van der Waals surface area (Å²) in [5, 5.41) is 3.86. The Balaban J connectivity index is 2.33. The molecule has 0 bridgehead atoms. The highest BCUT2D eigenvalue weighted by atomic mass is 79.9. The molecule has 19 heavy (non-hydrogen) atoms. The molecule has 102 valence electrons. The van der Waals surface area contributed by atoms with Crippen LogP contribution >= 0.6 is 27.3 Å². The fraction of sp³-hybridized carbons (Fsp3) is 0.357. The topological polar surface area (TPSA) is 55.1 Å². The molecule has 2 aromatic rings. The molecule has 0 saturated heterocycles. The van der Waals surface area contributed by atoms with Crippen molar-refractivity contribution in [2.75, 3.05) is 12.3 Å². The smallest absolute Gasteiger partial charge is 0.263 e. The van der Waals surface area contributed by atoms with Gasteiger partial charge in [-0.05, 0) is 17.5 Å². The first-order valence-corrected chi connectivity index (χ1v) is 7.65. The van der Waals surface area contributed by atoms with E-state index < -0.39 is 0 Å². The summed E-state index contributed by atoms with van der Waals surface area (Å²) in [5.41, 5.74) is 6.71. The number of nitrogens with two attached hydrogens (primary N) is 1. The fourth-order valence-electron chi connectivity index (χ4n) is 1.72. The van der Waals surface area contributed by atoms with Crippen LogP contribution in [0.3, 0.4) is 0 Å². The Kier molecular flexibility index (Phi) is 3.87. The molecule has 3 nitrogen and oxygen atoms in total. The van der Waals surface area contributed by atoms with Gasteiger partial charge in [-0.15, -0.1) is 11.3 Å². The molecule has 0 spiro atoms. The van der Waals surface area contributed by atoms with Crippen LogP contribution in [0.25, 0.3) is 10.1 Å². The van der Waals surface area contributed by atoms with Gasteiger partial charge >= 0.3 is 0 Å². The SMILES string of the molecule is CC(C)(C)CNC(=O)c1sc2cccc(Br)c2c1N. The third-order valence-electron chi connectivity index (χ3n) is 2.69. The zero-order valence-electron chi connectivity index (χ0n) is 11.2. The summed E-state index contributed by atoms with van der Waals surface area (Å²) in [5.74, 6) is -0.0967. The predicted octanol–water partition coefficient (Wildman–Crippen LogP) is 4.02. The Morgan fingerprint density at radius 1 is 1.42 bits per heavy atom. The minimum atomic E-state index is -0.0967. The highest BCUT2D eigenvalue weighted by molar-refractivity contribution is 9.10. The fourth-order valence-corrected chi connectivity index (χ4v) is 3.50. The van der Waals surface area contributed by atoms with Crippen molar-refractivity contribution in [3.63, 3.8) is 0 Å². The van der Waals surface area contributed by atoms with E-state index in [0.717, 1.165) is 14.6 Å². The van der Waals surface area contributed by atoms with Gasteiger partial charge in [-0.2, -0.15) is 0 Å². The van der Waals surface area contributed by atoms with Crippen LogP contribution in [0.5, 0.6) is 0 Å². The standard InChI is InChI=1S/C14H17BrN2OS/c1-14(2,3)7-17-13(18)12-11(16)10-8(15)5-4-6-9(10)19-12/h4-6H,7,16H2,1-3H3,(H,17,18). The minimum absolute atomic E-state index is 0.0572. The van der Waals surface area contributed by atoms with E-state index in [0.29, 0.717) is 17.1 Å². The van der Waals surface area contributed by atoms with E-state index in [9.17, 15) is 4.79 Å². The number of fused-ring (bicyclic) bond motifs is 1. The average molecular weight is 341 g/mol. The van der Waals surface area contributed by atoms with Crippen molar-refractivity contribution < 1.29 is 4.79 Å². The Labute approximate surface area is 125 Å². The Hall–Kier alpha value is -1.07. The van der Waals surface area contributed by atoms with E-state index in [1.807, 2.05) is 18.2 Å². The lowest BCUT2D eigenvalue weighted by Gasteiger charge is -2.18. The maximum absolute atomic E-state index is 12.2. The molecule has 0 atom stereocenters. The van der Waals surface area contributed by atoms with Crippen molar-refractivity contribution in [3.8, 4) is 0 Å². The second kappa shape index (κ2) is 5.13. The van der Waals surface area contributed by atoms with E-state index in [1.54, 1.807) is 0 Å². The number of rotatable bonds is 2. The number of thiophene rings is 1. The highest BCUT2D eigenvalue weighted by Gasteiger charge is 2.19. The number of anilines is 1. The summed E-state index contributed by atoms with van der Waals surface area (Å²) in [7, 11) is 0. The largest absolute Gasteiger partial charge is 0.397 e. The molecule has 1 amide bonds. The number of nitrogen functional groups attached to an aromatic ring is 1. The third kappa shape index (κ3) is 3.09. The van der Waals surface area contributed by atoms with Gasteiger partial charge in [0.2, 0.25) is 0 Å². The molecule has 0 aliphatic rings. The second-order valence-corrected chi connectivity index (χ2v) is 7.61. The first kappa shape index (κ1) is 14.3. The summed E-state index contributed by atoms with van der Waals surface area (Å²) in [6.45, 7) is 6.87. The van der Waals surface area contributed by atoms with E-state index in [1.165, 1.54) is 11.3 Å². The molecular weight excluding hydrogens is 324 g/mol. The summed E-state index contributed by atoms with van der Waals surface area (Å²) in [4.78, 5) is 12.8. The van der Waals surface area contributed by atoms with Crippen molar-refractivity contribution in [2.24, 2.45) is 5.41 Å². The van der Waals surface area contributed by atoms with Crippen molar-refractivity contribution in [1.29, 1.82) is 0 Å². The van der Waals surface area contributed by atoms with Gasteiger partial charge in [0.05, 0.1) is 5.69 Å². The monoisotopic (exact) mass is 340 g/mol. The lowest BCUT2D eigenvalue weighted by molar-refractivity contribution is 0.0944. The van der Waals surface area contributed by atoms with Gasteiger partial charge in [-0.3, -0.25) is 4.79 Å². The molecule has 0 unspecified atom stereocenters. The lowest BCUT2D eigenvalue weighted by atomic mass is 9.97. The summed E-state index contributed by atoms with van der Waals surface area (Å²) < 4.78 is 1.95. The maximum atomic E-state index is 12.2. The molecule has 0 fully saturated rings. The Morgan fingerprint density at radius 2 is 2.11 bits per heavy atom. The number of hydrogen-bond acceptors (Lipinski definition) is 3. The van der Waals surface area contributed by atoms with Crippen molar-refractivity contribution in [1.82, 2.24) is 5.32 Å². The zero-order valence-corrected chi connectivity index (χ0v) is 13.6. The first-order chi connectivity index (χ1) is 8.79. The van der Waals surface area contributed by atoms with Crippen molar-refractivity contribution >= 4 is 48.9 Å². The number of carbonyl (C=O) groups is 1. The molecule has 0 aliphatic heterocycles. The quantitative estimate of drug-likeness (QED) is 0.867. The molecule has 0 aliphatic carbocycles. The number of benzene rings is 1. The number of halogens is 1. The van der Waals surface area contributed by atoms with Crippen LogP contribution in [0.1, 0.15) is 30.4 Å². The molecular formula is C14H17BrN2OS. The van der Waals surface area contributed by atoms with E-state index in [4.69, 9.17) is 5.73 Å². The Bertz CT molecular complexity index is 628. The highest BCUT2D eigenvalue weighted by Crippen LogP contribution is 2.38. The van der Waals surface area contributed by atoms with Gasteiger partial charge in [0.15, 0.2) is 0 Å². The summed E-state index contributed by atoms with van der Waals surface area (Å²) in [6.07, 6.45) is 0. The molecule has 1 heterocycles. The van der Waals surface area contributed by atoms with E-state index in [2.05, 4.69) is 42.0 Å². The van der Waals surface area contributed by atoms with Gasteiger partial charge in [0.25, 0.3) is 5.91 Å². The minimum Gasteiger partial charge on any atom is -0.397 e. The van der Waals surface area contributed by atoms with Gasteiger partial charge in [0.1, 0.15) is 4.88 Å². The zero-order chi connectivity index (χ0) is 14.2. The number of nitrogens with one attached hydrogen (secondary N) is 1. The van der Waals surface area contributed by atoms with Crippen molar-refractivity contribution in [3.05, 3.63) is 27.5 Å². The third-order valence-corrected chi connectivity index (χ3v) is 4.52. The van der Waals surface area contributed by atoms with Gasteiger partial charge in [-0.1, -0.05) is 42.8 Å². The average Bonchev–Trinajstić information content (AvgIpc) is 2.64. The molecule has 1 aromatic carbocycles. The van der Waals surface area contributed by atoms with Crippen LogP contribution in [0, 0.1) is 5.41 Å². The predicted molar refractivity (Wildman–Crippen MR) is 85.7 cm³/mol. The van der Waals surface area contributed by atoms with Crippen LogP contribution in [-0.4, -0.2) is 12.5 Å². The van der Waals surface area contributed by atoms with Gasteiger partial charge < -0.3 is 11.1 Å². The van der Waals surface area contributed by atoms with Crippen LogP contribution in [-0.2, 0) is 0 Å². The second-order valence-electron chi connectivity index (χ2n) is 5.70. The molecule has 1 aromatic heterocycles. The molecule has 0 radical (unpaired) electrons. The molecule has 0 saturated carbocycles. The molecule has 2 rings (SSSR count). The molecule has 3 N–H and O–H groups in total.